The Balaban J connectivity index is 1.95. The number of anilines is 1. The minimum absolute atomic E-state index is 0.00796. The van der Waals surface area contributed by atoms with Gasteiger partial charge in [0.15, 0.2) is 0 Å². The molecule has 0 bridgehead atoms. The average Bonchev–Trinajstić information content (AvgIpc) is 2.39. The van der Waals surface area contributed by atoms with Crippen LogP contribution in [-0.4, -0.2) is 38.6 Å². The van der Waals surface area contributed by atoms with Gasteiger partial charge in [-0.1, -0.05) is 6.07 Å². The lowest BCUT2D eigenvalue weighted by Gasteiger charge is -2.34. The van der Waals surface area contributed by atoms with Gasteiger partial charge in [-0.3, -0.25) is 4.79 Å². The van der Waals surface area contributed by atoms with Crippen LogP contribution in [0.1, 0.15) is 12.8 Å². The molecule has 1 atom stereocenters. The summed E-state index contributed by atoms with van der Waals surface area (Å²) in [4.78, 5) is 13.7. The molecule has 0 aliphatic carbocycles. The van der Waals surface area contributed by atoms with E-state index in [0.717, 1.165) is 31.6 Å². The number of likely N-dealkylation sites (N-methyl/N-ethyl adjacent to an activating group) is 1. The summed E-state index contributed by atoms with van der Waals surface area (Å²) in [5.41, 5.74) is 0.882. The highest BCUT2D eigenvalue weighted by Crippen LogP contribution is 2.20. The number of carbonyl (C=O) groups excluding carboxylic acids is 1. The van der Waals surface area contributed by atoms with Gasteiger partial charge in [0.25, 0.3) is 0 Å². The van der Waals surface area contributed by atoms with Crippen molar-refractivity contribution in [3.63, 3.8) is 0 Å². The Hall–Kier alpha value is -1.62. The van der Waals surface area contributed by atoms with Gasteiger partial charge in [0.05, 0.1) is 6.54 Å². The van der Waals surface area contributed by atoms with Crippen LogP contribution in [0, 0.1) is 5.82 Å². The molecular formula is C14H20FN3O. The van der Waals surface area contributed by atoms with Crippen molar-refractivity contribution >= 4 is 11.6 Å². The van der Waals surface area contributed by atoms with Crippen molar-refractivity contribution in [2.24, 2.45) is 0 Å². The van der Waals surface area contributed by atoms with E-state index < -0.39 is 0 Å². The smallest absolute Gasteiger partial charge is 0.234 e. The number of nitrogens with one attached hydrogen (secondary N) is 2. The molecule has 0 saturated carbocycles. The summed E-state index contributed by atoms with van der Waals surface area (Å²) in [6.07, 6.45) is 1.97. The number of hydrogen-bond acceptors (Lipinski definition) is 3. The lowest BCUT2D eigenvalue weighted by atomic mass is 10.0. The normalized spacial score (nSPS) is 19.3. The van der Waals surface area contributed by atoms with Crippen LogP contribution < -0.4 is 15.5 Å². The summed E-state index contributed by atoms with van der Waals surface area (Å²) in [5, 5.41) is 5.83. The zero-order valence-electron chi connectivity index (χ0n) is 11.2. The quantitative estimate of drug-likeness (QED) is 0.858. The topological polar surface area (TPSA) is 44.4 Å². The number of nitrogens with zero attached hydrogens (tertiary/aromatic N) is 1. The fourth-order valence-electron chi connectivity index (χ4n) is 2.44. The van der Waals surface area contributed by atoms with Crippen LogP contribution in [0.25, 0.3) is 0 Å². The van der Waals surface area contributed by atoms with Gasteiger partial charge in [0.2, 0.25) is 5.91 Å². The van der Waals surface area contributed by atoms with Crippen LogP contribution in [-0.2, 0) is 4.79 Å². The molecule has 5 heteroatoms. The number of amides is 1. The fraction of sp³-hybridized carbons (Fsp3) is 0.500. The van der Waals surface area contributed by atoms with E-state index >= 15 is 0 Å². The summed E-state index contributed by atoms with van der Waals surface area (Å²) in [6.45, 7) is 1.97. The van der Waals surface area contributed by atoms with E-state index in [1.807, 2.05) is 6.07 Å². The third-order valence-electron chi connectivity index (χ3n) is 3.30. The van der Waals surface area contributed by atoms with Gasteiger partial charge >= 0.3 is 0 Å². The maximum absolute atomic E-state index is 13.2. The Morgan fingerprint density at radius 3 is 3.11 bits per heavy atom. The first-order valence-corrected chi connectivity index (χ1v) is 6.63. The lowest BCUT2D eigenvalue weighted by Crippen LogP contribution is -2.49. The number of carbonyl (C=O) groups is 1. The maximum Gasteiger partial charge on any atom is 0.234 e. The Morgan fingerprint density at radius 1 is 1.53 bits per heavy atom. The van der Waals surface area contributed by atoms with Gasteiger partial charge in [0, 0.05) is 24.8 Å². The van der Waals surface area contributed by atoms with E-state index in [4.69, 9.17) is 0 Å². The molecule has 1 aliphatic rings. The van der Waals surface area contributed by atoms with Crippen molar-refractivity contribution in [2.75, 3.05) is 31.6 Å². The molecule has 0 aromatic heterocycles. The summed E-state index contributed by atoms with van der Waals surface area (Å²) in [7, 11) is 1.75. The molecule has 0 radical (unpaired) electrons. The summed E-state index contributed by atoms with van der Waals surface area (Å²) >= 11 is 0. The van der Waals surface area contributed by atoms with E-state index in [-0.39, 0.29) is 17.8 Å². The Bertz CT molecular complexity index is 438. The van der Waals surface area contributed by atoms with Gasteiger partial charge in [-0.25, -0.2) is 4.39 Å². The maximum atomic E-state index is 13.2. The highest BCUT2D eigenvalue weighted by Gasteiger charge is 2.21. The highest BCUT2D eigenvalue weighted by atomic mass is 19.1. The van der Waals surface area contributed by atoms with Crippen molar-refractivity contribution in [1.82, 2.24) is 10.6 Å². The van der Waals surface area contributed by atoms with E-state index in [1.54, 1.807) is 13.1 Å². The first kappa shape index (κ1) is 13.8. The Labute approximate surface area is 113 Å². The number of piperidine rings is 1. The van der Waals surface area contributed by atoms with E-state index in [0.29, 0.717) is 6.54 Å². The molecular weight excluding hydrogens is 245 g/mol. The first-order chi connectivity index (χ1) is 9.19. The van der Waals surface area contributed by atoms with Gasteiger partial charge in [0.1, 0.15) is 5.82 Å². The van der Waals surface area contributed by atoms with Gasteiger partial charge in [-0.2, -0.15) is 0 Å². The first-order valence-electron chi connectivity index (χ1n) is 6.63. The van der Waals surface area contributed by atoms with Crippen LogP contribution in [0.15, 0.2) is 24.3 Å². The summed E-state index contributed by atoms with van der Waals surface area (Å²) in [5.74, 6) is -0.215. The molecule has 1 aliphatic heterocycles. The van der Waals surface area contributed by atoms with Crippen molar-refractivity contribution in [3.05, 3.63) is 30.1 Å². The molecule has 1 aromatic carbocycles. The third kappa shape index (κ3) is 3.92. The van der Waals surface area contributed by atoms with Crippen molar-refractivity contribution in [1.29, 1.82) is 0 Å². The second-order valence-electron chi connectivity index (χ2n) is 4.86. The predicted octanol–water partition coefficient (Wildman–Crippen LogP) is 1.13. The molecule has 19 heavy (non-hydrogen) atoms. The van der Waals surface area contributed by atoms with Crippen LogP contribution >= 0.6 is 0 Å². The summed E-state index contributed by atoms with van der Waals surface area (Å²) in [6, 6.07) is 6.74. The second-order valence-corrected chi connectivity index (χ2v) is 4.86. The minimum atomic E-state index is -0.223. The molecule has 104 valence electrons. The van der Waals surface area contributed by atoms with Gasteiger partial charge in [-0.15, -0.1) is 0 Å². The van der Waals surface area contributed by atoms with Gasteiger partial charge in [-0.05, 0) is 38.1 Å². The zero-order chi connectivity index (χ0) is 13.7. The standard InChI is InChI=1S/C14H20FN3O/c1-16-9-14(19)17-12-5-3-7-18(10-12)13-6-2-4-11(15)8-13/h2,4,6,8,12,16H,3,5,7,9-10H2,1H3,(H,17,19). The van der Waals surface area contributed by atoms with Crippen LogP contribution in [0.3, 0.4) is 0 Å². The number of hydrogen-bond donors (Lipinski definition) is 2. The molecule has 1 fully saturated rings. The Kier molecular flexibility index (Phi) is 4.74. The molecule has 0 spiro atoms. The third-order valence-corrected chi connectivity index (χ3v) is 3.30. The molecule has 2 rings (SSSR count). The van der Waals surface area contributed by atoms with Crippen molar-refractivity contribution in [2.45, 2.75) is 18.9 Å². The molecule has 2 N–H and O–H groups in total. The largest absolute Gasteiger partial charge is 0.369 e. The minimum Gasteiger partial charge on any atom is -0.369 e. The molecule has 1 amide bonds. The van der Waals surface area contributed by atoms with Crippen LogP contribution in [0.5, 0.6) is 0 Å². The molecule has 1 saturated heterocycles. The second kappa shape index (κ2) is 6.52. The molecule has 1 aromatic rings. The number of rotatable bonds is 4. The molecule has 4 nitrogen and oxygen atoms in total. The number of halogens is 1. The van der Waals surface area contributed by atoms with Crippen LogP contribution in [0.2, 0.25) is 0 Å². The zero-order valence-corrected chi connectivity index (χ0v) is 11.2. The lowest BCUT2D eigenvalue weighted by molar-refractivity contribution is -0.120. The molecule has 1 heterocycles. The fourth-order valence-corrected chi connectivity index (χ4v) is 2.44. The van der Waals surface area contributed by atoms with Crippen LogP contribution in [0.4, 0.5) is 10.1 Å². The van der Waals surface area contributed by atoms with Crippen molar-refractivity contribution < 1.29 is 9.18 Å². The van der Waals surface area contributed by atoms with Gasteiger partial charge < -0.3 is 15.5 Å². The highest BCUT2D eigenvalue weighted by molar-refractivity contribution is 5.78. The molecule has 1 unspecified atom stereocenters. The average molecular weight is 265 g/mol. The Morgan fingerprint density at radius 2 is 2.37 bits per heavy atom. The predicted molar refractivity (Wildman–Crippen MR) is 73.7 cm³/mol. The SMILES string of the molecule is CNCC(=O)NC1CCCN(c2cccc(F)c2)C1. The van der Waals surface area contributed by atoms with Crippen molar-refractivity contribution in [3.8, 4) is 0 Å². The number of benzene rings is 1. The van der Waals surface area contributed by atoms with E-state index in [1.165, 1.54) is 12.1 Å². The summed E-state index contributed by atoms with van der Waals surface area (Å²) < 4.78 is 13.2. The van der Waals surface area contributed by atoms with E-state index in [2.05, 4.69) is 15.5 Å². The monoisotopic (exact) mass is 265 g/mol. The van der Waals surface area contributed by atoms with E-state index in [9.17, 15) is 9.18 Å².